The van der Waals surface area contributed by atoms with Gasteiger partial charge in [0, 0.05) is 31.7 Å². The molecule has 1 amide bonds. The second kappa shape index (κ2) is 12.6. The van der Waals surface area contributed by atoms with Crippen molar-refractivity contribution in [2.75, 3.05) is 52.6 Å². The van der Waals surface area contributed by atoms with E-state index in [1.807, 2.05) is 31.2 Å². The van der Waals surface area contributed by atoms with E-state index in [0.717, 1.165) is 25.1 Å². The van der Waals surface area contributed by atoms with Crippen molar-refractivity contribution in [1.29, 1.82) is 0 Å². The molecule has 0 radical (unpaired) electrons. The average Bonchev–Trinajstić information content (AvgIpc) is 3.19. The molecular weight excluding hydrogens is 472 g/mol. The van der Waals surface area contributed by atoms with Crippen molar-refractivity contribution >= 4 is 17.4 Å². The standard InChI is InChI=1S/C29H34N2O6/c1-3-17-36-23-9-5-21(6-10-23)26-25(27(32)22-7-11-24(12-8-22)37-18-4-2)28(33)29(34)31(26)14-13-30-15-19-35-20-16-30/h4-12,26,32H,2-3,13-20H2,1H3. The number of benzene rings is 2. The van der Waals surface area contributed by atoms with Crippen LogP contribution in [0.25, 0.3) is 5.76 Å². The molecule has 196 valence electrons. The van der Waals surface area contributed by atoms with Crippen LogP contribution in [0, 0.1) is 0 Å². The van der Waals surface area contributed by atoms with Gasteiger partial charge in [0.15, 0.2) is 0 Å². The molecular formula is C29H34N2O6. The number of amides is 1. The summed E-state index contributed by atoms with van der Waals surface area (Å²) in [6, 6.07) is 13.4. The van der Waals surface area contributed by atoms with Crippen LogP contribution in [0.1, 0.15) is 30.5 Å². The third-order valence-electron chi connectivity index (χ3n) is 6.47. The second-order valence-corrected chi connectivity index (χ2v) is 8.99. The van der Waals surface area contributed by atoms with Crippen LogP contribution in [0.2, 0.25) is 0 Å². The van der Waals surface area contributed by atoms with Gasteiger partial charge in [-0.1, -0.05) is 31.7 Å². The molecule has 2 aromatic rings. The highest BCUT2D eigenvalue weighted by Crippen LogP contribution is 2.40. The molecule has 2 aliphatic rings. The molecule has 2 aromatic carbocycles. The third kappa shape index (κ3) is 6.21. The van der Waals surface area contributed by atoms with E-state index in [9.17, 15) is 14.7 Å². The fourth-order valence-electron chi connectivity index (χ4n) is 4.52. The van der Waals surface area contributed by atoms with Crippen LogP contribution < -0.4 is 9.47 Å². The van der Waals surface area contributed by atoms with Gasteiger partial charge in [-0.3, -0.25) is 14.5 Å². The molecule has 2 saturated heterocycles. The van der Waals surface area contributed by atoms with Gasteiger partial charge in [-0.15, -0.1) is 0 Å². The maximum atomic E-state index is 13.3. The molecule has 0 saturated carbocycles. The smallest absolute Gasteiger partial charge is 0.295 e. The Bertz CT molecular complexity index is 1120. The van der Waals surface area contributed by atoms with Gasteiger partial charge in [-0.2, -0.15) is 0 Å². The van der Waals surface area contributed by atoms with E-state index in [1.165, 1.54) is 0 Å². The second-order valence-electron chi connectivity index (χ2n) is 8.99. The van der Waals surface area contributed by atoms with Gasteiger partial charge >= 0.3 is 0 Å². The summed E-state index contributed by atoms with van der Waals surface area (Å²) in [4.78, 5) is 30.3. The Kier molecular flexibility index (Phi) is 8.98. The van der Waals surface area contributed by atoms with E-state index < -0.39 is 17.7 Å². The van der Waals surface area contributed by atoms with Gasteiger partial charge in [0.05, 0.1) is 31.4 Å². The normalized spacial score (nSPS) is 19.7. The van der Waals surface area contributed by atoms with E-state index in [1.54, 1.807) is 35.2 Å². The lowest BCUT2D eigenvalue weighted by molar-refractivity contribution is -0.140. The van der Waals surface area contributed by atoms with E-state index in [2.05, 4.69) is 11.5 Å². The van der Waals surface area contributed by atoms with Crippen LogP contribution >= 0.6 is 0 Å². The van der Waals surface area contributed by atoms with Crippen molar-refractivity contribution in [3.8, 4) is 11.5 Å². The lowest BCUT2D eigenvalue weighted by Crippen LogP contribution is -2.42. The first kappa shape index (κ1) is 26.4. The summed E-state index contributed by atoms with van der Waals surface area (Å²) in [5, 5.41) is 11.3. The van der Waals surface area contributed by atoms with Gasteiger partial charge in [0.25, 0.3) is 11.7 Å². The third-order valence-corrected chi connectivity index (χ3v) is 6.47. The number of likely N-dealkylation sites (tertiary alicyclic amines) is 1. The predicted molar refractivity (Wildman–Crippen MR) is 141 cm³/mol. The highest BCUT2D eigenvalue weighted by Gasteiger charge is 2.46. The summed E-state index contributed by atoms with van der Waals surface area (Å²) in [5.41, 5.74) is 1.25. The number of Topliss-reactive ketones (excluding diaryl/α,β-unsaturated/α-hetero) is 1. The van der Waals surface area contributed by atoms with Crippen molar-refractivity contribution in [1.82, 2.24) is 9.80 Å². The summed E-state index contributed by atoms with van der Waals surface area (Å²) >= 11 is 0. The maximum Gasteiger partial charge on any atom is 0.295 e. The topological polar surface area (TPSA) is 88.5 Å². The van der Waals surface area contributed by atoms with Gasteiger partial charge in [0.1, 0.15) is 23.9 Å². The number of hydrogen-bond donors (Lipinski definition) is 1. The zero-order chi connectivity index (χ0) is 26.2. The van der Waals surface area contributed by atoms with Gasteiger partial charge in [-0.05, 0) is 48.4 Å². The van der Waals surface area contributed by atoms with Crippen molar-refractivity contribution in [2.24, 2.45) is 0 Å². The van der Waals surface area contributed by atoms with E-state index in [0.29, 0.717) is 56.6 Å². The molecule has 8 nitrogen and oxygen atoms in total. The Hall–Kier alpha value is -3.62. The van der Waals surface area contributed by atoms with Crippen LogP contribution in [-0.2, 0) is 14.3 Å². The predicted octanol–water partition coefficient (Wildman–Crippen LogP) is 3.79. The Labute approximate surface area is 217 Å². The van der Waals surface area contributed by atoms with E-state index >= 15 is 0 Å². The number of carbonyl (C=O) groups is 2. The molecule has 4 rings (SSSR count). The van der Waals surface area contributed by atoms with E-state index in [4.69, 9.17) is 14.2 Å². The highest BCUT2D eigenvalue weighted by atomic mass is 16.5. The lowest BCUT2D eigenvalue weighted by Gasteiger charge is -2.31. The minimum Gasteiger partial charge on any atom is -0.507 e. The number of morpholine rings is 1. The van der Waals surface area contributed by atoms with Crippen LogP contribution in [0.4, 0.5) is 0 Å². The average molecular weight is 507 g/mol. The molecule has 1 N–H and O–H groups in total. The van der Waals surface area contributed by atoms with E-state index in [-0.39, 0.29) is 11.3 Å². The minimum atomic E-state index is -0.710. The van der Waals surface area contributed by atoms with Crippen molar-refractivity contribution < 1.29 is 28.9 Å². The number of nitrogens with zero attached hydrogens (tertiary/aromatic N) is 2. The molecule has 1 unspecified atom stereocenters. The number of aliphatic hydroxyl groups is 1. The summed E-state index contributed by atoms with van der Waals surface area (Å²) in [6.45, 7) is 10.4. The summed E-state index contributed by atoms with van der Waals surface area (Å²) in [6.07, 6.45) is 2.53. The SMILES string of the molecule is C=CCOc1ccc(C(O)=C2C(=O)C(=O)N(CCN3CCOCC3)C2c2ccc(OCCC)cc2)cc1. The fourth-order valence-corrected chi connectivity index (χ4v) is 4.52. The van der Waals surface area contributed by atoms with Gasteiger partial charge in [-0.25, -0.2) is 0 Å². The first-order chi connectivity index (χ1) is 18.0. The molecule has 2 heterocycles. The first-order valence-corrected chi connectivity index (χ1v) is 12.7. The largest absolute Gasteiger partial charge is 0.507 e. The van der Waals surface area contributed by atoms with Crippen LogP contribution in [0.5, 0.6) is 11.5 Å². The Morgan fingerprint density at radius 1 is 1.03 bits per heavy atom. The summed E-state index contributed by atoms with van der Waals surface area (Å²) in [5.74, 6) is -0.189. The van der Waals surface area contributed by atoms with Crippen LogP contribution in [-0.4, -0.2) is 79.2 Å². The molecule has 0 bridgehead atoms. The molecule has 1 atom stereocenters. The first-order valence-electron chi connectivity index (χ1n) is 12.7. The molecule has 0 aromatic heterocycles. The zero-order valence-corrected chi connectivity index (χ0v) is 21.2. The number of hydrogen-bond acceptors (Lipinski definition) is 7. The highest BCUT2D eigenvalue weighted by molar-refractivity contribution is 6.46. The summed E-state index contributed by atoms with van der Waals surface area (Å²) in [7, 11) is 0. The number of rotatable bonds is 11. The molecule has 8 heteroatoms. The Morgan fingerprint density at radius 2 is 1.68 bits per heavy atom. The molecule has 2 fully saturated rings. The maximum absolute atomic E-state index is 13.3. The van der Waals surface area contributed by atoms with Crippen molar-refractivity contribution in [2.45, 2.75) is 19.4 Å². The monoisotopic (exact) mass is 506 g/mol. The molecule has 0 aliphatic carbocycles. The van der Waals surface area contributed by atoms with Crippen LogP contribution in [0.3, 0.4) is 0 Å². The number of ether oxygens (including phenoxy) is 3. The molecule has 0 spiro atoms. The number of aliphatic hydroxyl groups excluding tert-OH is 1. The molecule has 37 heavy (non-hydrogen) atoms. The fraction of sp³-hybridized carbons (Fsp3) is 0.379. The quantitative estimate of drug-likeness (QED) is 0.215. The lowest BCUT2D eigenvalue weighted by atomic mass is 9.95. The zero-order valence-electron chi connectivity index (χ0n) is 21.2. The van der Waals surface area contributed by atoms with Crippen LogP contribution in [0.15, 0.2) is 66.8 Å². The van der Waals surface area contributed by atoms with Crippen molar-refractivity contribution in [3.63, 3.8) is 0 Å². The summed E-state index contributed by atoms with van der Waals surface area (Å²) < 4.78 is 16.6. The molecule has 2 aliphatic heterocycles. The van der Waals surface area contributed by atoms with Gasteiger partial charge in [0.2, 0.25) is 0 Å². The van der Waals surface area contributed by atoms with Gasteiger partial charge < -0.3 is 24.2 Å². The number of ketones is 1. The number of carbonyl (C=O) groups excluding carboxylic acids is 2. The Morgan fingerprint density at radius 3 is 2.32 bits per heavy atom. The Balaban J connectivity index is 1.67. The van der Waals surface area contributed by atoms with Crippen molar-refractivity contribution in [3.05, 3.63) is 77.9 Å². The minimum absolute atomic E-state index is 0.0777.